The first kappa shape index (κ1) is 19.5. The van der Waals surface area contributed by atoms with Crippen molar-refractivity contribution < 1.29 is 13.3 Å². The van der Waals surface area contributed by atoms with Crippen molar-refractivity contribution in [2.75, 3.05) is 4.72 Å². The molecule has 142 valence electrons. The van der Waals surface area contributed by atoms with Crippen molar-refractivity contribution in [1.29, 1.82) is 0 Å². The molecule has 1 N–H and O–H groups in total. The zero-order chi connectivity index (χ0) is 20.1. The molecule has 0 heterocycles. The second-order valence-electron chi connectivity index (χ2n) is 5.56. The number of rotatable bonds is 6. The smallest absolute Gasteiger partial charge is 0.280 e. The van der Waals surface area contributed by atoms with Crippen LogP contribution in [0.2, 0.25) is 5.02 Å². The van der Waals surface area contributed by atoms with Gasteiger partial charge in [0.15, 0.2) is 0 Å². The number of halogens is 1. The molecule has 3 aromatic carbocycles. The van der Waals surface area contributed by atoms with Gasteiger partial charge in [0.1, 0.15) is 5.02 Å². The maximum Gasteiger partial charge on any atom is 0.289 e. The summed E-state index contributed by atoms with van der Waals surface area (Å²) < 4.78 is 27.3. The van der Waals surface area contributed by atoms with E-state index in [0.717, 1.165) is 6.07 Å². The van der Waals surface area contributed by atoms with Gasteiger partial charge in [0.25, 0.3) is 15.7 Å². The summed E-state index contributed by atoms with van der Waals surface area (Å²) in [5, 5.41) is 18.9. The molecule has 0 bridgehead atoms. The molecule has 3 aromatic rings. The third-order valence-corrected chi connectivity index (χ3v) is 5.28. The highest BCUT2D eigenvalue weighted by atomic mass is 35.5. The lowest BCUT2D eigenvalue weighted by Crippen LogP contribution is -2.13. The predicted molar refractivity (Wildman–Crippen MR) is 106 cm³/mol. The third-order valence-electron chi connectivity index (χ3n) is 3.58. The number of nitro groups is 1. The van der Waals surface area contributed by atoms with Crippen LogP contribution in [0.1, 0.15) is 0 Å². The first-order chi connectivity index (χ1) is 13.3. The summed E-state index contributed by atoms with van der Waals surface area (Å²) in [5.41, 5.74) is 1.02. The van der Waals surface area contributed by atoms with Crippen LogP contribution in [0, 0.1) is 10.1 Å². The van der Waals surface area contributed by atoms with Crippen LogP contribution in [0.15, 0.2) is 87.9 Å². The number of nitrogens with zero attached hydrogens (tertiary/aromatic N) is 3. The first-order valence-corrected chi connectivity index (χ1v) is 9.75. The highest BCUT2D eigenvalue weighted by Crippen LogP contribution is 2.28. The molecule has 0 saturated carbocycles. The first-order valence-electron chi connectivity index (χ1n) is 7.89. The normalized spacial score (nSPS) is 11.5. The van der Waals surface area contributed by atoms with Crippen LogP contribution in [0.4, 0.5) is 22.7 Å². The van der Waals surface area contributed by atoms with Crippen LogP contribution < -0.4 is 4.72 Å². The van der Waals surface area contributed by atoms with Crippen LogP contribution in [0.3, 0.4) is 0 Å². The van der Waals surface area contributed by atoms with E-state index >= 15 is 0 Å². The molecule has 10 heteroatoms. The molecule has 8 nitrogen and oxygen atoms in total. The van der Waals surface area contributed by atoms with Crippen molar-refractivity contribution in [3.05, 3.63) is 87.9 Å². The van der Waals surface area contributed by atoms with Gasteiger partial charge in [-0.25, -0.2) is 8.42 Å². The second kappa shape index (κ2) is 8.15. The molecule has 0 spiro atoms. The highest BCUT2D eigenvalue weighted by molar-refractivity contribution is 7.92. The van der Waals surface area contributed by atoms with Crippen LogP contribution in [-0.4, -0.2) is 13.3 Å². The SMILES string of the molecule is O=[N+]([O-])c1cc(S(=O)(=O)Nc2ccc(N=Nc3ccccc3)cc2)ccc1Cl. The Labute approximate surface area is 165 Å². The Bertz CT molecular complexity index is 1130. The summed E-state index contributed by atoms with van der Waals surface area (Å²) in [6, 6.07) is 18.6. The zero-order valence-electron chi connectivity index (χ0n) is 14.2. The number of sulfonamides is 1. The lowest BCUT2D eigenvalue weighted by atomic mass is 10.3. The number of benzene rings is 3. The predicted octanol–water partition coefficient (Wildman–Crippen LogP) is 5.46. The number of hydrogen-bond acceptors (Lipinski definition) is 6. The Kier molecular flexibility index (Phi) is 5.67. The van der Waals surface area contributed by atoms with E-state index in [2.05, 4.69) is 15.0 Å². The maximum atomic E-state index is 12.5. The Hall–Kier alpha value is -3.30. The van der Waals surface area contributed by atoms with Crippen LogP contribution in [0.5, 0.6) is 0 Å². The minimum absolute atomic E-state index is 0.142. The number of hydrogen-bond donors (Lipinski definition) is 1. The molecule has 3 rings (SSSR count). The fourth-order valence-corrected chi connectivity index (χ4v) is 3.48. The monoisotopic (exact) mass is 416 g/mol. The molecule has 0 saturated heterocycles. The van der Waals surface area contributed by atoms with Crippen LogP contribution in [-0.2, 0) is 10.0 Å². The third kappa shape index (κ3) is 4.70. The molecule has 28 heavy (non-hydrogen) atoms. The van der Waals surface area contributed by atoms with Crippen molar-refractivity contribution >= 4 is 44.4 Å². The fraction of sp³-hybridized carbons (Fsp3) is 0. The van der Waals surface area contributed by atoms with Gasteiger partial charge in [-0.2, -0.15) is 10.2 Å². The van der Waals surface area contributed by atoms with Crippen molar-refractivity contribution in [2.45, 2.75) is 4.90 Å². The molecule has 0 aliphatic rings. The molecule has 0 amide bonds. The highest BCUT2D eigenvalue weighted by Gasteiger charge is 2.20. The maximum absolute atomic E-state index is 12.5. The van der Waals surface area contributed by atoms with Crippen LogP contribution >= 0.6 is 11.6 Å². The fourth-order valence-electron chi connectivity index (χ4n) is 2.22. The summed E-state index contributed by atoms with van der Waals surface area (Å²) in [7, 11) is -4.02. The number of azo groups is 1. The van der Waals surface area contributed by atoms with E-state index in [9.17, 15) is 18.5 Å². The molecule has 0 radical (unpaired) electrons. The average molecular weight is 417 g/mol. The topological polar surface area (TPSA) is 114 Å². The summed E-state index contributed by atoms with van der Waals surface area (Å²) in [4.78, 5) is 9.94. The molecule has 0 aliphatic heterocycles. The van der Waals surface area contributed by atoms with E-state index in [-0.39, 0.29) is 15.6 Å². The Morgan fingerprint density at radius 2 is 1.50 bits per heavy atom. The molecule has 0 atom stereocenters. The van der Waals surface area contributed by atoms with Crippen molar-refractivity contribution in [2.24, 2.45) is 10.2 Å². The number of nitrogens with one attached hydrogen (secondary N) is 1. The Morgan fingerprint density at radius 3 is 2.11 bits per heavy atom. The van der Waals surface area contributed by atoms with Gasteiger partial charge in [0, 0.05) is 11.8 Å². The quantitative estimate of drug-likeness (QED) is 0.326. The summed E-state index contributed by atoms with van der Waals surface area (Å²) in [6.45, 7) is 0. The number of anilines is 1. The van der Waals surface area contributed by atoms with Crippen molar-refractivity contribution in [1.82, 2.24) is 0 Å². The van der Waals surface area contributed by atoms with Gasteiger partial charge in [0.05, 0.1) is 21.2 Å². The van der Waals surface area contributed by atoms with Gasteiger partial charge < -0.3 is 0 Å². The standard InChI is InChI=1S/C18H13ClN4O4S/c19-17-11-10-16(12-18(17)23(24)25)28(26,27)22-15-8-6-14(7-9-15)21-20-13-4-2-1-3-5-13/h1-12,22H. The zero-order valence-corrected chi connectivity index (χ0v) is 15.8. The lowest BCUT2D eigenvalue weighted by molar-refractivity contribution is -0.384. The van der Waals surface area contributed by atoms with Gasteiger partial charge in [-0.15, -0.1) is 0 Å². The molecular formula is C18H13ClN4O4S. The lowest BCUT2D eigenvalue weighted by Gasteiger charge is -2.08. The molecule has 0 fully saturated rings. The molecular weight excluding hydrogens is 404 g/mol. The number of nitro benzene ring substituents is 1. The van der Waals surface area contributed by atoms with E-state index in [4.69, 9.17) is 11.6 Å². The van der Waals surface area contributed by atoms with E-state index < -0.39 is 20.6 Å². The Balaban J connectivity index is 1.77. The summed E-state index contributed by atoms with van der Waals surface area (Å²) in [6.07, 6.45) is 0. The van der Waals surface area contributed by atoms with E-state index in [1.807, 2.05) is 18.2 Å². The molecule has 0 unspecified atom stereocenters. The van der Waals surface area contributed by atoms with Crippen molar-refractivity contribution in [3.63, 3.8) is 0 Å². The van der Waals surface area contributed by atoms with Gasteiger partial charge in [0.2, 0.25) is 0 Å². The minimum Gasteiger partial charge on any atom is -0.280 e. The average Bonchev–Trinajstić information content (AvgIpc) is 2.68. The van der Waals surface area contributed by atoms with Crippen molar-refractivity contribution in [3.8, 4) is 0 Å². The second-order valence-corrected chi connectivity index (χ2v) is 7.65. The van der Waals surface area contributed by atoms with Gasteiger partial charge >= 0.3 is 0 Å². The Morgan fingerprint density at radius 1 is 0.893 bits per heavy atom. The minimum atomic E-state index is -4.02. The van der Waals surface area contributed by atoms with E-state index in [1.165, 1.54) is 24.3 Å². The van der Waals surface area contributed by atoms with E-state index in [0.29, 0.717) is 11.4 Å². The summed E-state index contributed by atoms with van der Waals surface area (Å²) in [5.74, 6) is 0. The van der Waals surface area contributed by atoms with Gasteiger partial charge in [-0.1, -0.05) is 29.8 Å². The van der Waals surface area contributed by atoms with E-state index in [1.54, 1.807) is 24.3 Å². The van der Waals surface area contributed by atoms with Gasteiger partial charge in [-0.05, 0) is 48.5 Å². The molecule has 0 aliphatic carbocycles. The molecule has 0 aromatic heterocycles. The largest absolute Gasteiger partial charge is 0.289 e. The van der Waals surface area contributed by atoms with Crippen LogP contribution in [0.25, 0.3) is 0 Å². The van der Waals surface area contributed by atoms with Gasteiger partial charge in [-0.3, -0.25) is 14.8 Å². The summed E-state index contributed by atoms with van der Waals surface area (Å²) >= 11 is 5.72.